The fourth-order valence-corrected chi connectivity index (χ4v) is 10.5. The standard InChI is InChI=1S/C44H68N4O7Si/c1-14-16-20-52-31-24-27(25-45-43(6,7)28-18-19-28)35(47(8)9)29-22-26-23-30-36(48(10)11)38-34(41(46-54-38)53-21-17-15-2)40(51)44(30,55-56(12,13)42(3,4)5)39(50)32(26)37(49)33(29)31/h24,26,28,30,36,45,49H,14-23,25H2,1-13H3/t26-,30-,36-,44-/m0/s1. The van der Waals surface area contributed by atoms with Crippen LogP contribution in [0.1, 0.15) is 132 Å². The number of anilines is 1. The van der Waals surface area contributed by atoms with Gasteiger partial charge in [0, 0.05) is 43.4 Å². The van der Waals surface area contributed by atoms with Crippen LogP contribution in [0.15, 0.2) is 16.2 Å². The first-order valence-corrected chi connectivity index (χ1v) is 23.9. The number of hydrogen-bond acceptors (Lipinski definition) is 11. The number of fused-ring (bicyclic) bond motifs is 4. The Hall–Kier alpha value is -3.19. The van der Waals surface area contributed by atoms with Gasteiger partial charge in [-0.25, -0.2) is 0 Å². The van der Waals surface area contributed by atoms with Crippen molar-refractivity contribution in [3.63, 3.8) is 0 Å². The van der Waals surface area contributed by atoms with E-state index in [9.17, 15) is 5.11 Å². The minimum atomic E-state index is -2.84. The van der Waals surface area contributed by atoms with E-state index in [1.54, 1.807) is 0 Å². The van der Waals surface area contributed by atoms with E-state index in [2.05, 4.69) is 76.9 Å². The van der Waals surface area contributed by atoms with E-state index in [1.807, 2.05) is 39.2 Å². The molecule has 310 valence electrons. The van der Waals surface area contributed by atoms with Crippen LogP contribution in [0.25, 0.3) is 5.76 Å². The van der Waals surface area contributed by atoms with Gasteiger partial charge < -0.3 is 33.7 Å². The van der Waals surface area contributed by atoms with Gasteiger partial charge >= 0.3 is 0 Å². The quantitative estimate of drug-likeness (QED) is 0.0964. The third-order valence-corrected chi connectivity index (χ3v) is 17.8. The van der Waals surface area contributed by atoms with Crippen molar-refractivity contribution >= 4 is 31.3 Å². The first-order valence-electron chi connectivity index (χ1n) is 21.0. The van der Waals surface area contributed by atoms with Crippen molar-refractivity contribution in [2.45, 2.75) is 142 Å². The van der Waals surface area contributed by atoms with Gasteiger partial charge in [-0.05, 0) is 119 Å². The molecular weight excluding hydrogens is 725 g/mol. The molecule has 2 saturated carbocycles. The number of ether oxygens (including phenoxy) is 2. The molecule has 2 aromatic rings. The lowest BCUT2D eigenvalue weighted by Gasteiger charge is -2.55. The molecule has 2 N–H and O–H groups in total. The number of nitrogens with zero attached hydrogens (tertiary/aromatic N) is 3. The average Bonchev–Trinajstić information content (AvgIpc) is 3.89. The highest BCUT2D eigenvalue weighted by Gasteiger charge is 2.69. The second kappa shape index (κ2) is 15.5. The Morgan fingerprint density at radius 3 is 2.20 bits per heavy atom. The molecule has 0 radical (unpaired) electrons. The Balaban J connectivity index is 1.58. The summed E-state index contributed by atoms with van der Waals surface area (Å²) >= 11 is 0. The minimum absolute atomic E-state index is 0.0175. The molecule has 4 aliphatic carbocycles. The van der Waals surface area contributed by atoms with Crippen molar-refractivity contribution < 1.29 is 33.1 Å². The number of carbonyl (C=O) groups excluding carboxylic acids is 2. The maximum absolute atomic E-state index is 15.8. The van der Waals surface area contributed by atoms with E-state index >= 15 is 9.59 Å². The Morgan fingerprint density at radius 2 is 1.62 bits per heavy atom. The summed E-state index contributed by atoms with van der Waals surface area (Å²) in [4.78, 5) is 35.4. The van der Waals surface area contributed by atoms with Gasteiger partial charge in [0.05, 0.1) is 24.8 Å². The molecular formula is C44H68N4O7Si. The van der Waals surface area contributed by atoms with Crippen LogP contribution < -0.4 is 19.7 Å². The lowest BCUT2D eigenvalue weighted by atomic mass is 9.57. The molecule has 6 rings (SSSR count). The molecule has 0 bridgehead atoms. The number of ketones is 2. The number of carbonyl (C=O) groups is 2. The van der Waals surface area contributed by atoms with E-state index in [-0.39, 0.29) is 39.3 Å². The van der Waals surface area contributed by atoms with E-state index in [0.29, 0.717) is 55.6 Å². The van der Waals surface area contributed by atoms with Gasteiger partial charge in [0.15, 0.2) is 19.7 Å². The van der Waals surface area contributed by atoms with Gasteiger partial charge in [0.2, 0.25) is 11.6 Å². The molecule has 1 aromatic heterocycles. The molecule has 0 spiro atoms. The SMILES string of the molecule is CCCCOc1cc(CNC(C)(C)C2CC2)c(N(C)C)c2c1C(O)=C1C(=O)[C@]3(O[Si](C)(C)C(C)(C)C)C(=O)c4c(OCCCC)noc4[C@@H](N(C)C)[C@@H]3C[C@@H]1C2. The van der Waals surface area contributed by atoms with Crippen molar-refractivity contribution in [2.24, 2.45) is 17.8 Å². The largest absolute Gasteiger partial charge is 0.507 e. The highest BCUT2D eigenvalue weighted by atomic mass is 28.4. The lowest BCUT2D eigenvalue weighted by molar-refractivity contribution is -0.140. The number of nitrogens with one attached hydrogen (secondary N) is 1. The summed E-state index contributed by atoms with van der Waals surface area (Å²) in [6, 6.07) is 1.53. The van der Waals surface area contributed by atoms with Gasteiger partial charge in [0.25, 0.3) is 5.88 Å². The zero-order valence-corrected chi connectivity index (χ0v) is 37.4. The number of aromatic nitrogens is 1. The summed E-state index contributed by atoms with van der Waals surface area (Å²) in [5.41, 5.74) is 2.07. The van der Waals surface area contributed by atoms with Gasteiger partial charge in [-0.1, -0.05) is 47.5 Å². The molecule has 56 heavy (non-hydrogen) atoms. The summed E-state index contributed by atoms with van der Waals surface area (Å²) in [5, 5.41) is 20.5. The molecule has 11 nitrogen and oxygen atoms in total. The van der Waals surface area contributed by atoms with Gasteiger partial charge in [-0.3, -0.25) is 14.5 Å². The van der Waals surface area contributed by atoms with Crippen molar-refractivity contribution in [3.05, 3.63) is 39.7 Å². The van der Waals surface area contributed by atoms with Crippen LogP contribution in [0.3, 0.4) is 0 Å². The van der Waals surface area contributed by atoms with Crippen LogP contribution in [-0.2, 0) is 22.2 Å². The van der Waals surface area contributed by atoms with Crippen LogP contribution >= 0.6 is 0 Å². The van der Waals surface area contributed by atoms with Crippen molar-refractivity contribution in [2.75, 3.05) is 46.3 Å². The van der Waals surface area contributed by atoms with Crippen LogP contribution in [0.4, 0.5) is 5.69 Å². The van der Waals surface area contributed by atoms with Gasteiger partial charge in [-0.2, -0.15) is 0 Å². The fourth-order valence-electron chi connectivity index (χ4n) is 9.05. The normalized spacial score (nSPS) is 23.9. The summed E-state index contributed by atoms with van der Waals surface area (Å²) in [6.07, 6.45) is 6.84. The third kappa shape index (κ3) is 7.25. The van der Waals surface area contributed by atoms with Gasteiger partial charge in [0.1, 0.15) is 17.1 Å². The Bertz CT molecular complexity index is 1850. The lowest BCUT2D eigenvalue weighted by Crippen LogP contribution is -2.68. The Labute approximate surface area is 336 Å². The summed E-state index contributed by atoms with van der Waals surface area (Å²) in [7, 11) is 5.12. The Morgan fingerprint density at radius 1 is 0.982 bits per heavy atom. The number of Topliss-reactive ketones (excluding diaryl/α,β-unsaturated/α-hetero) is 2. The Kier molecular flexibility index (Phi) is 11.8. The first-order chi connectivity index (χ1) is 26.2. The second-order valence-corrected chi connectivity index (χ2v) is 24.0. The smallest absolute Gasteiger partial charge is 0.265 e. The predicted octanol–water partition coefficient (Wildman–Crippen LogP) is 8.67. The number of aliphatic hydroxyl groups excluding tert-OH is 1. The monoisotopic (exact) mass is 792 g/mol. The maximum atomic E-state index is 15.8. The number of hydrogen-bond donors (Lipinski definition) is 2. The van der Waals surface area contributed by atoms with Crippen LogP contribution in [0.5, 0.6) is 11.6 Å². The fraction of sp³-hybridized carbons (Fsp3) is 0.705. The van der Waals surface area contributed by atoms with E-state index < -0.39 is 37.4 Å². The third-order valence-electron chi connectivity index (χ3n) is 13.4. The van der Waals surface area contributed by atoms with E-state index in [1.165, 1.54) is 12.8 Å². The number of rotatable bonds is 16. The second-order valence-electron chi connectivity index (χ2n) is 19.3. The molecule has 4 atom stereocenters. The zero-order chi connectivity index (χ0) is 41.1. The molecule has 0 aliphatic heterocycles. The minimum Gasteiger partial charge on any atom is -0.507 e. The first kappa shape index (κ1) is 42.4. The van der Waals surface area contributed by atoms with E-state index in [0.717, 1.165) is 42.5 Å². The highest BCUT2D eigenvalue weighted by Crippen LogP contribution is 2.59. The summed E-state index contributed by atoms with van der Waals surface area (Å²) in [6.45, 7) is 20.7. The van der Waals surface area contributed by atoms with Crippen LogP contribution in [0.2, 0.25) is 18.1 Å². The van der Waals surface area contributed by atoms with Crippen LogP contribution in [0, 0.1) is 17.8 Å². The zero-order valence-electron chi connectivity index (χ0n) is 36.4. The maximum Gasteiger partial charge on any atom is 0.265 e. The summed E-state index contributed by atoms with van der Waals surface area (Å²) < 4.78 is 26.0. The molecule has 0 unspecified atom stereocenters. The molecule has 2 fully saturated rings. The number of unbranched alkanes of at least 4 members (excludes halogenated alkanes) is 2. The molecule has 0 saturated heterocycles. The molecule has 12 heteroatoms. The topological polar surface area (TPSA) is 127 Å². The van der Waals surface area contributed by atoms with Crippen LogP contribution in [-0.4, -0.2) is 87.6 Å². The number of benzene rings is 1. The number of aliphatic hydroxyl groups is 1. The van der Waals surface area contributed by atoms with Crippen molar-refractivity contribution in [1.29, 1.82) is 0 Å². The van der Waals surface area contributed by atoms with E-state index in [4.69, 9.17) is 18.4 Å². The van der Waals surface area contributed by atoms with Crippen molar-refractivity contribution in [3.8, 4) is 11.6 Å². The summed E-state index contributed by atoms with van der Waals surface area (Å²) in [5.74, 6) is -0.381. The van der Waals surface area contributed by atoms with Crippen molar-refractivity contribution in [1.82, 2.24) is 15.4 Å². The average molecular weight is 793 g/mol. The molecule has 0 amide bonds. The molecule has 1 aromatic carbocycles. The molecule has 4 aliphatic rings. The van der Waals surface area contributed by atoms with Gasteiger partial charge in [-0.15, -0.1) is 0 Å². The highest BCUT2D eigenvalue weighted by molar-refractivity contribution is 6.74. The molecule has 1 heterocycles. The predicted molar refractivity (Wildman–Crippen MR) is 223 cm³/mol.